The zero-order chi connectivity index (χ0) is 21.5. The molecule has 1 aliphatic carbocycles. The van der Waals surface area contributed by atoms with E-state index in [9.17, 15) is 4.79 Å². The van der Waals surface area contributed by atoms with Crippen LogP contribution in [0.15, 0.2) is 72.5 Å². The molecule has 1 aliphatic rings. The molecule has 3 aromatic carbocycles. The first kappa shape index (κ1) is 22.9. The van der Waals surface area contributed by atoms with E-state index in [1.807, 2.05) is 6.07 Å². The molecule has 159 valence electrons. The van der Waals surface area contributed by atoms with Crippen LogP contribution in [-0.2, 0) is 30.3 Å². The number of hydrogen-bond acceptors (Lipinski definition) is 3. The normalized spacial score (nSPS) is 13.6. The number of aliphatic hydroxyl groups is 1. The van der Waals surface area contributed by atoms with Crippen LogP contribution in [-0.4, -0.2) is 15.9 Å². The standard InChI is InChI=1S/C22H16N.C5H8O2.Ir/c1-22(2)17-11-5-3-9-16(17)21-20-15(10-7-12-18(20)22)14-8-4-6-13-19(14)23-21;1-4(6)3-5(2)7;/h3-8,10-13H,1-2H3;3,6H,1-2H3;/q-1;;/b;4-3-;. The van der Waals surface area contributed by atoms with Crippen LogP contribution in [0.3, 0.4) is 0 Å². The van der Waals surface area contributed by atoms with Crippen molar-refractivity contribution in [2.75, 3.05) is 0 Å². The first-order valence-corrected chi connectivity index (χ1v) is 10.0. The SMILES string of the molecule is CC(=O)/C=C(/C)O.CC1(C)c2ccc[c-]c2-c2nc3ccccc3c3cccc1c23.[Ir]. The summed E-state index contributed by atoms with van der Waals surface area (Å²) < 4.78 is 0. The molecule has 0 aliphatic heterocycles. The van der Waals surface area contributed by atoms with Gasteiger partial charge in [0.05, 0.1) is 11.3 Å². The monoisotopic (exact) mass is 587 g/mol. The van der Waals surface area contributed by atoms with Crippen molar-refractivity contribution in [2.24, 2.45) is 0 Å². The average molecular weight is 587 g/mol. The molecule has 1 radical (unpaired) electrons. The van der Waals surface area contributed by atoms with Crippen molar-refractivity contribution in [3.63, 3.8) is 0 Å². The van der Waals surface area contributed by atoms with Gasteiger partial charge in [0.1, 0.15) is 0 Å². The van der Waals surface area contributed by atoms with Crippen LogP contribution in [0, 0.1) is 6.07 Å². The van der Waals surface area contributed by atoms with E-state index in [4.69, 9.17) is 10.1 Å². The summed E-state index contributed by atoms with van der Waals surface area (Å²) in [6, 6.07) is 24.8. The van der Waals surface area contributed by atoms with Crippen molar-refractivity contribution in [1.29, 1.82) is 0 Å². The van der Waals surface area contributed by atoms with Crippen molar-refractivity contribution in [1.82, 2.24) is 4.98 Å². The summed E-state index contributed by atoms with van der Waals surface area (Å²) in [5.41, 5.74) is 5.90. The number of rotatable bonds is 1. The van der Waals surface area contributed by atoms with Gasteiger partial charge in [-0.1, -0.05) is 50.2 Å². The molecule has 1 aromatic heterocycles. The molecule has 0 fully saturated rings. The van der Waals surface area contributed by atoms with Crippen molar-refractivity contribution in [2.45, 2.75) is 33.1 Å². The predicted octanol–water partition coefficient (Wildman–Crippen LogP) is 6.53. The number of hydrogen-bond donors (Lipinski definition) is 1. The van der Waals surface area contributed by atoms with Gasteiger partial charge in [0.15, 0.2) is 5.78 Å². The number of allylic oxidation sites excluding steroid dienone is 2. The fourth-order valence-corrected chi connectivity index (χ4v) is 4.30. The van der Waals surface area contributed by atoms with E-state index in [0.717, 1.165) is 16.8 Å². The molecule has 0 atom stereocenters. The largest absolute Gasteiger partial charge is 0.512 e. The Hall–Kier alpha value is -2.81. The number of aromatic nitrogens is 1. The Bertz CT molecular complexity index is 1320. The van der Waals surface area contributed by atoms with E-state index in [0.29, 0.717) is 0 Å². The van der Waals surface area contributed by atoms with Gasteiger partial charge in [0, 0.05) is 31.6 Å². The second-order valence-corrected chi connectivity index (χ2v) is 8.19. The van der Waals surface area contributed by atoms with E-state index in [1.165, 1.54) is 47.2 Å². The Kier molecular flexibility index (Phi) is 6.45. The van der Waals surface area contributed by atoms with Gasteiger partial charge in [-0.25, -0.2) is 0 Å². The van der Waals surface area contributed by atoms with E-state index < -0.39 is 0 Å². The number of aliphatic hydroxyl groups excluding tert-OH is 1. The minimum absolute atomic E-state index is 0. The van der Waals surface area contributed by atoms with E-state index in [1.54, 1.807) is 0 Å². The summed E-state index contributed by atoms with van der Waals surface area (Å²) in [6.07, 6.45) is 1.17. The third-order valence-electron chi connectivity index (χ3n) is 5.58. The minimum Gasteiger partial charge on any atom is -0.512 e. The molecule has 0 unspecified atom stereocenters. The maximum Gasteiger partial charge on any atom is 0.155 e. The Labute approximate surface area is 196 Å². The molecule has 4 heteroatoms. The number of fused-ring (bicyclic) bond motifs is 4. The van der Waals surface area contributed by atoms with Crippen LogP contribution in [0.2, 0.25) is 0 Å². The molecule has 31 heavy (non-hydrogen) atoms. The van der Waals surface area contributed by atoms with Gasteiger partial charge in [-0.15, -0.1) is 35.4 Å². The number of para-hydroxylation sites is 1. The van der Waals surface area contributed by atoms with Crippen LogP contribution < -0.4 is 0 Å². The maximum atomic E-state index is 10.0. The first-order chi connectivity index (χ1) is 14.3. The van der Waals surface area contributed by atoms with Crippen molar-refractivity contribution in [3.8, 4) is 11.3 Å². The molecule has 1 heterocycles. The summed E-state index contributed by atoms with van der Waals surface area (Å²) >= 11 is 0. The Morgan fingerprint density at radius 1 is 0.968 bits per heavy atom. The fourth-order valence-electron chi connectivity index (χ4n) is 4.30. The number of nitrogens with zero attached hydrogens (tertiary/aromatic N) is 1. The summed E-state index contributed by atoms with van der Waals surface area (Å²) in [7, 11) is 0. The van der Waals surface area contributed by atoms with E-state index >= 15 is 0 Å². The van der Waals surface area contributed by atoms with Gasteiger partial charge in [-0.05, 0) is 47.4 Å². The summed E-state index contributed by atoms with van der Waals surface area (Å²) in [5.74, 6) is -0.0625. The summed E-state index contributed by atoms with van der Waals surface area (Å²) in [6.45, 7) is 7.44. The number of ketones is 1. The molecule has 0 amide bonds. The minimum atomic E-state index is -0.125. The molecular weight excluding hydrogens is 563 g/mol. The van der Waals surface area contributed by atoms with Crippen LogP contribution >= 0.6 is 0 Å². The van der Waals surface area contributed by atoms with Gasteiger partial charge in [-0.2, -0.15) is 0 Å². The zero-order valence-electron chi connectivity index (χ0n) is 18.0. The van der Waals surface area contributed by atoms with Gasteiger partial charge in [0.25, 0.3) is 0 Å². The van der Waals surface area contributed by atoms with Crippen LogP contribution in [0.25, 0.3) is 32.9 Å². The molecular formula is C27H24IrNO2-. The molecule has 1 N–H and O–H groups in total. The summed E-state index contributed by atoms with van der Waals surface area (Å²) in [4.78, 5) is 15.0. The molecule has 5 rings (SSSR count). The number of carbonyl (C=O) groups is 1. The van der Waals surface area contributed by atoms with Crippen molar-refractivity contribution in [3.05, 3.63) is 89.7 Å². The Morgan fingerprint density at radius 3 is 2.32 bits per heavy atom. The van der Waals surface area contributed by atoms with Crippen LogP contribution in [0.4, 0.5) is 0 Å². The van der Waals surface area contributed by atoms with Gasteiger partial charge in [0.2, 0.25) is 0 Å². The zero-order valence-corrected chi connectivity index (χ0v) is 20.4. The van der Waals surface area contributed by atoms with Gasteiger partial charge < -0.3 is 5.11 Å². The Balaban J connectivity index is 0.000000299. The van der Waals surface area contributed by atoms with Crippen molar-refractivity contribution >= 4 is 27.5 Å². The van der Waals surface area contributed by atoms with Gasteiger partial charge >= 0.3 is 0 Å². The quantitative estimate of drug-likeness (QED) is 0.119. The topological polar surface area (TPSA) is 50.2 Å². The predicted molar refractivity (Wildman–Crippen MR) is 123 cm³/mol. The van der Waals surface area contributed by atoms with Crippen LogP contribution in [0.1, 0.15) is 38.8 Å². The average Bonchev–Trinajstić information content (AvgIpc) is 2.71. The second-order valence-electron chi connectivity index (χ2n) is 8.19. The first-order valence-electron chi connectivity index (χ1n) is 10.0. The molecule has 3 nitrogen and oxygen atoms in total. The number of benzene rings is 3. The van der Waals surface area contributed by atoms with E-state index in [2.05, 4.69) is 74.5 Å². The maximum absolute atomic E-state index is 10.0. The van der Waals surface area contributed by atoms with Gasteiger partial charge in [-0.3, -0.25) is 9.78 Å². The van der Waals surface area contributed by atoms with E-state index in [-0.39, 0.29) is 37.1 Å². The third-order valence-corrected chi connectivity index (χ3v) is 5.58. The molecule has 0 saturated heterocycles. The summed E-state index contributed by atoms with van der Waals surface area (Å²) in [5, 5.41) is 12.2. The Morgan fingerprint density at radius 2 is 1.65 bits per heavy atom. The fraction of sp³-hybridized carbons (Fsp3) is 0.185. The number of pyridine rings is 1. The molecule has 4 aromatic rings. The molecule has 0 spiro atoms. The van der Waals surface area contributed by atoms with Crippen LogP contribution in [0.5, 0.6) is 0 Å². The molecule has 0 bridgehead atoms. The number of carbonyl (C=O) groups excluding carboxylic acids is 1. The third kappa shape index (κ3) is 4.06. The second kappa shape index (κ2) is 8.74. The smallest absolute Gasteiger partial charge is 0.155 e. The molecule has 0 saturated carbocycles. The van der Waals surface area contributed by atoms with Crippen molar-refractivity contribution < 1.29 is 30.0 Å².